The maximum absolute atomic E-state index is 12.2. The molecular formula is C16H19F3N4O3S2. The third kappa shape index (κ3) is 5.96. The summed E-state index contributed by atoms with van der Waals surface area (Å²) in [5, 5.41) is 3.92. The van der Waals surface area contributed by atoms with Crippen LogP contribution in [0.5, 0.6) is 0 Å². The number of thiophene rings is 1. The molecule has 0 fully saturated rings. The predicted octanol–water partition coefficient (Wildman–Crippen LogP) is 2.02. The maximum atomic E-state index is 12.2. The van der Waals surface area contributed by atoms with E-state index in [2.05, 4.69) is 15.3 Å². The van der Waals surface area contributed by atoms with E-state index in [-0.39, 0.29) is 11.3 Å². The number of H-pyrrole nitrogens is 1. The van der Waals surface area contributed by atoms with Gasteiger partial charge < -0.3 is 15.6 Å². The van der Waals surface area contributed by atoms with Gasteiger partial charge in [0.15, 0.2) is 0 Å². The quantitative estimate of drug-likeness (QED) is 0.616. The number of hydrogen-bond donors (Lipinski definition) is 3. The second-order valence-corrected chi connectivity index (χ2v) is 8.57. The zero-order valence-corrected chi connectivity index (χ0v) is 17.0. The van der Waals surface area contributed by atoms with Crippen molar-refractivity contribution in [2.45, 2.75) is 38.0 Å². The predicted molar refractivity (Wildman–Crippen MR) is 103 cm³/mol. The van der Waals surface area contributed by atoms with Crippen molar-refractivity contribution in [3.8, 4) is 0 Å². The van der Waals surface area contributed by atoms with E-state index in [1.807, 2.05) is 13.8 Å². The monoisotopic (exact) mass is 436 g/mol. The molecule has 0 saturated carbocycles. The van der Waals surface area contributed by atoms with E-state index in [0.717, 1.165) is 10.4 Å². The highest BCUT2D eigenvalue weighted by atomic mass is 32.2. The normalized spacial score (nSPS) is 12.8. The third-order valence-corrected chi connectivity index (χ3v) is 6.09. The van der Waals surface area contributed by atoms with Crippen molar-refractivity contribution in [3.05, 3.63) is 26.6 Å². The molecule has 0 aliphatic heterocycles. The van der Waals surface area contributed by atoms with Crippen LogP contribution in [-0.2, 0) is 15.3 Å². The molecule has 2 amide bonds. The number of rotatable bonds is 7. The fraction of sp³-hybridized carbons (Fsp3) is 0.500. The summed E-state index contributed by atoms with van der Waals surface area (Å²) in [7, 11) is 0. The number of thioether (sulfide) groups is 1. The Bertz CT molecular complexity index is 940. The number of carbonyl (C=O) groups is 2. The third-order valence-electron chi connectivity index (χ3n) is 3.84. The molecule has 0 bridgehead atoms. The van der Waals surface area contributed by atoms with Crippen LogP contribution in [0, 0.1) is 13.8 Å². The highest BCUT2D eigenvalue weighted by Gasteiger charge is 2.27. The Morgan fingerprint density at radius 2 is 1.96 bits per heavy atom. The van der Waals surface area contributed by atoms with Crippen LogP contribution in [0.15, 0.2) is 4.79 Å². The van der Waals surface area contributed by atoms with Crippen molar-refractivity contribution in [2.75, 3.05) is 13.1 Å². The highest BCUT2D eigenvalue weighted by Crippen LogP contribution is 2.26. The van der Waals surface area contributed by atoms with Crippen LogP contribution in [0.3, 0.4) is 0 Å². The molecule has 1 atom stereocenters. The molecule has 2 rings (SSSR count). The first-order valence-electron chi connectivity index (χ1n) is 8.19. The van der Waals surface area contributed by atoms with Gasteiger partial charge in [-0.2, -0.15) is 13.2 Å². The molecule has 12 heteroatoms. The molecule has 7 nitrogen and oxygen atoms in total. The number of alkyl halides is 3. The van der Waals surface area contributed by atoms with Crippen LogP contribution in [0.2, 0.25) is 0 Å². The number of fused-ring (bicyclic) bond motifs is 1. The van der Waals surface area contributed by atoms with Gasteiger partial charge in [0.1, 0.15) is 17.2 Å². The minimum atomic E-state index is -4.51. The van der Waals surface area contributed by atoms with E-state index >= 15 is 0 Å². The zero-order chi connectivity index (χ0) is 21.1. The number of carbonyl (C=O) groups excluding carboxylic acids is 2. The van der Waals surface area contributed by atoms with E-state index < -0.39 is 36.3 Å². The molecule has 1 unspecified atom stereocenters. The minimum Gasteiger partial charge on any atom is -0.346 e. The van der Waals surface area contributed by atoms with Crippen molar-refractivity contribution in [2.24, 2.45) is 0 Å². The summed E-state index contributed by atoms with van der Waals surface area (Å²) in [6.07, 6.45) is -4.51. The Kier molecular flexibility index (Phi) is 7.10. The number of nitrogens with one attached hydrogen (secondary N) is 3. The summed E-state index contributed by atoms with van der Waals surface area (Å²) in [4.78, 5) is 44.2. The second-order valence-electron chi connectivity index (χ2n) is 6.04. The smallest absolute Gasteiger partial charge is 0.346 e. The highest BCUT2D eigenvalue weighted by molar-refractivity contribution is 7.99. The van der Waals surface area contributed by atoms with Crippen LogP contribution in [0.1, 0.15) is 23.2 Å². The fourth-order valence-corrected chi connectivity index (χ4v) is 4.05. The molecule has 3 N–H and O–H groups in total. The first-order chi connectivity index (χ1) is 13.0. The topological polar surface area (TPSA) is 104 Å². The average Bonchev–Trinajstić information content (AvgIpc) is 2.89. The van der Waals surface area contributed by atoms with Crippen molar-refractivity contribution < 1.29 is 22.8 Å². The molecule has 2 aromatic heterocycles. The van der Waals surface area contributed by atoms with E-state index in [9.17, 15) is 27.6 Å². The SMILES string of the molecule is Cc1sc2nc(CSC(C)C(=O)NCC(=O)NCC(F)(F)F)[nH]c(=O)c2c1C. The van der Waals surface area contributed by atoms with Crippen LogP contribution >= 0.6 is 23.1 Å². The van der Waals surface area contributed by atoms with Gasteiger partial charge in [-0.1, -0.05) is 0 Å². The van der Waals surface area contributed by atoms with Crippen molar-refractivity contribution in [1.82, 2.24) is 20.6 Å². The van der Waals surface area contributed by atoms with Gasteiger partial charge in [0, 0.05) is 4.88 Å². The van der Waals surface area contributed by atoms with Crippen molar-refractivity contribution in [3.63, 3.8) is 0 Å². The molecule has 0 aliphatic carbocycles. The van der Waals surface area contributed by atoms with E-state index in [0.29, 0.717) is 16.0 Å². The van der Waals surface area contributed by atoms with Crippen molar-refractivity contribution in [1.29, 1.82) is 0 Å². The summed E-state index contributed by atoms with van der Waals surface area (Å²) in [5.41, 5.74) is 0.658. The number of nitrogens with zero attached hydrogens (tertiary/aromatic N) is 1. The Hall–Kier alpha value is -2.08. The lowest BCUT2D eigenvalue weighted by Gasteiger charge is -2.12. The first-order valence-corrected chi connectivity index (χ1v) is 10.1. The fourth-order valence-electron chi connectivity index (χ4n) is 2.22. The second kappa shape index (κ2) is 8.95. The average molecular weight is 436 g/mol. The zero-order valence-electron chi connectivity index (χ0n) is 15.3. The van der Waals surface area contributed by atoms with Gasteiger partial charge in [-0.25, -0.2) is 4.98 Å². The van der Waals surface area contributed by atoms with E-state index in [1.54, 1.807) is 12.2 Å². The van der Waals surface area contributed by atoms with Crippen LogP contribution in [0.25, 0.3) is 10.2 Å². The Balaban J connectivity index is 1.87. The lowest BCUT2D eigenvalue weighted by molar-refractivity contribution is -0.138. The lowest BCUT2D eigenvalue weighted by atomic mass is 10.2. The lowest BCUT2D eigenvalue weighted by Crippen LogP contribution is -2.42. The molecule has 2 aromatic rings. The number of amides is 2. The molecular weight excluding hydrogens is 417 g/mol. The molecule has 0 radical (unpaired) electrons. The number of aromatic nitrogens is 2. The number of aryl methyl sites for hydroxylation is 2. The first kappa shape index (κ1) is 22.2. The summed E-state index contributed by atoms with van der Waals surface area (Å²) in [5.74, 6) is -0.747. The maximum Gasteiger partial charge on any atom is 0.405 e. The number of hydrogen-bond acceptors (Lipinski definition) is 6. The van der Waals surface area contributed by atoms with Gasteiger partial charge in [0.25, 0.3) is 5.56 Å². The molecule has 0 spiro atoms. The van der Waals surface area contributed by atoms with Gasteiger partial charge in [-0.3, -0.25) is 14.4 Å². The summed E-state index contributed by atoms with van der Waals surface area (Å²) < 4.78 is 36.1. The number of halogens is 3. The van der Waals surface area contributed by atoms with Gasteiger partial charge in [-0.15, -0.1) is 23.1 Å². The molecule has 154 valence electrons. The molecule has 0 saturated heterocycles. The summed E-state index contributed by atoms with van der Waals surface area (Å²) in [6, 6.07) is 0. The largest absolute Gasteiger partial charge is 0.405 e. The van der Waals surface area contributed by atoms with Crippen molar-refractivity contribution >= 4 is 45.1 Å². The molecule has 2 heterocycles. The van der Waals surface area contributed by atoms with Crippen LogP contribution in [0.4, 0.5) is 13.2 Å². The Morgan fingerprint density at radius 3 is 2.61 bits per heavy atom. The van der Waals surface area contributed by atoms with E-state index in [4.69, 9.17) is 0 Å². The van der Waals surface area contributed by atoms with Gasteiger partial charge in [0.2, 0.25) is 11.8 Å². The summed E-state index contributed by atoms with van der Waals surface area (Å²) in [6.45, 7) is 3.36. The van der Waals surface area contributed by atoms with Crippen LogP contribution in [-0.4, -0.2) is 46.3 Å². The van der Waals surface area contributed by atoms with Gasteiger partial charge in [-0.05, 0) is 26.3 Å². The molecule has 0 aromatic carbocycles. The molecule has 0 aliphatic rings. The standard InChI is InChI=1S/C16H19F3N4O3S2/c1-7-8(2)28-15-12(7)14(26)22-10(23-15)5-27-9(3)13(25)20-4-11(24)21-6-16(17,18)19/h9H,4-6H2,1-3H3,(H,20,25)(H,21,24)(H,22,23,26). The Labute approximate surface area is 166 Å². The van der Waals surface area contributed by atoms with Crippen LogP contribution < -0.4 is 16.2 Å². The minimum absolute atomic E-state index is 0.235. The Morgan fingerprint density at radius 1 is 1.29 bits per heavy atom. The summed E-state index contributed by atoms with van der Waals surface area (Å²) >= 11 is 2.60. The molecule has 28 heavy (non-hydrogen) atoms. The van der Waals surface area contributed by atoms with Gasteiger partial charge >= 0.3 is 6.18 Å². The van der Waals surface area contributed by atoms with E-state index in [1.165, 1.54) is 23.1 Å². The van der Waals surface area contributed by atoms with Gasteiger partial charge in [0.05, 0.1) is 22.9 Å². The number of aromatic amines is 1.